The number of aliphatic hydroxyl groups is 2. The zero-order valence-electron chi connectivity index (χ0n) is 26.7. The van der Waals surface area contributed by atoms with Gasteiger partial charge >= 0.3 is 0 Å². The molecule has 0 spiro atoms. The van der Waals surface area contributed by atoms with Crippen molar-refractivity contribution in [1.29, 1.82) is 0 Å². The Balaban J connectivity index is 0.000000231. The van der Waals surface area contributed by atoms with Crippen LogP contribution >= 0.6 is 0 Å². The average molecular weight is 587 g/mol. The Kier molecular flexibility index (Phi) is 14.0. The van der Waals surface area contributed by atoms with Gasteiger partial charge in [-0.3, -0.25) is 9.80 Å². The predicted octanol–water partition coefficient (Wildman–Crippen LogP) is 4.50. The van der Waals surface area contributed by atoms with Crippen molar-refractivity contribution in [3.63, 3.8) is 0 Å². The Morgan fingerprint density at radius 1 is 0.738 bits per heavy atom. The predicted molar refractivity (Wildman–Crippen MR) is 168 cm³/mol. The maximum atomic E-state index is 10.3. The van der Waals surface area contributed by atoms with Gasteiger partial charge in [-0.05, 0) is 69.9 Å². The van der Waals surface area contributed by atoms with Crippen LogP contribution in [0.5, 0.6) is 11.5 Å². The average Bonchev–Trinajstić information content (AvgIpc) is 2.90. The van der Waals surface area contributed by atoms with E-state index in [0.717, 1.165) is 43.2 Å². The van der Waals surface area contributed by atoms with Crippen LogP contribution in [0.3, 0.4) is 0 Å². The number of hydrogen-bond acceptors (Lipinski definition) is 8. The fourth-order valence-corrected chi connectivity index (χ4v) is 5.74. The first kappa shape index (κ1) is 34.3. The molecule has 2 fully saturated rings. The van der Waals surface area contributed by atoms with Gasteiger partial charge in [0.05, 0.1) is 24.4 Å². The molecule has 6 unspecified atom stereocenters. The van der Waals surface area contributed by atoms with E-state index in [2.05, 4.69) is 57.4 Å². The van der Waals surface area contributed by atoms with Crippen molar-refractivity contribution in [3.05, 3.63) is 59.7 Å². The fraction of sp³-hybridized carbons (Fsp3) is 0.647. The summed E-state index contributed by atoms with van der Waals surface area (Å²) in [6.45, 7) is 20.0. The molecule has 42 heavy (non-hydrogen) atoms. The number of aryl methyl sites for hydroxylation is 1. The largest absolute Gasteiger partial charge is 0.491 e. The Labute approximate surface area is 253 Å². The van der Waals surface area contributed by atoms with Crippen LogP contribution in [-0.4, -0.2) is 109 Å². The van der Waals surface area contributed by atoms with Gasteiger partial charge in [0.15, 0.2) is 0 Å². The topological polar surface area (TPSA) is 83.9 Å². The molecule has 8 heteroatoms. The number of morpholine rings is 2. The third kappa shape index (κ3) is 12.2. The SMILES string of the molecule is CC1CN(CC(O)COc2ccccc2C(C)C)CC(C)O1.Cc1cccc(OCC(O)CN2CC(C)OC(C)C2)c1. The van der Waals surface area contributed by atoms with E-state index in [9.17, 15) is 10.2 Å². The number of ether oxygens (including phenoxy) is 4. The summed E-state index contributed by atoms with van der Waals surface area (Å²) in [6.07, 6.45) is -0.0740. The lowest BCUT2D eigenvalue weighted by Crippen LogP contribution is -2.48. The third-order valence-corrected chi connectivity index (χ3v) is 7.33. The van der Waals surface area contributed by atoms with Crippen LogP contribution < -0.4 is 9.47 Å². The smallest absolute Gasteiger partial charge is 0.122 e. The summed E-state index contributed by atoms with van der Waals surface area (Å²) in [7, 11) is 0. The van der Waals surface area contributed by atoms with E-state index in [1.54, 1.807) is 0 Å². The summed E-state index contributed by atoms with van der Waals surface area (Å²) in [5.41, 5.74) is 2.34. The van der Waals surface area contributed by atoms with Crippen molar-refractivity contribution < 1.29 is 29.2 Å². The number of rotatable bonds is 11. The zero-order valence-corrected chi connectivity index (χ0v) is 26.7. The molecule has 0 aliphatic carbocycles. The molecule has 6 atom stereocenters. The van der Waals surface area contributed by atoms with Crippen LogP contribution in [0.15, 0.2) is 48.5 Å². The summed E-state index contributed by atoms with van der Waals surface area (Å²) < 4.78 is 22.9. The van der Waals surface area contributed by atoms with E-state index in [-0.39, 0.29) is 24.4 Å². The molecule has 0 aromatic heterocycles. The lowest BCUT2D eigenvalue weighted by Gasteiger charge is -2.36. The second-order valence-corrected chi connectivity index (χ2v) is 12.4. The molecule has 0 bridgehead atoms. The highest BCUT2D eigenvalue weighted by molar-refractivity contribution is 5.35. The maximum absolute atomic E-state index is 10.3. The van der Waals surface area contributed by atoms with Crippen molar-refractivity contribution in [3.8, 4) is 11.5 Å². The second-order valence-electron chi connectivity index (χ2n) is 12.4. The quantitative estimate of drug-likeness (QED) is 0.398. The van der Waals surface area contributed by atoms with Crippen LogP contribution in [0.1, 0.15) is 58.6 Å². The number of aliphatic hydroxyl groups excluding tert-OH is 2. The molecular weight excluding hydrogens is 532 g/mol. The summed E-state index contributed by atoms with van der Waals surface area (Å²) in [5.74, 6) is 2.10. The Morgan fingerprint density at radius 3 is 1.74 bits per heavy atom. The van der Waals surface area contributed by atoms with E-state index < -0.39 is 12.2 Å². The second kappa shape index (κ2) is 17.2. The molecule has 2 saturated heterocycles. The van der Waals surface area contributed by atoms with E-state index in [1.807, 2.05) is 49.4 Å². The highest BCUT2D eigenvalue weighted by atomic mass is 16.5. The van der Waals surface area contributed by atoms with Gasteiger partial charge in [0, 0.05) is 39.3 Å². The zero-order chi connectivity index (χ0) is 30.6. The third-order valence-electron chi connectivity index (χ3n) is 7.33. The van der Waals surface area contributed by atoms with E-state index in [1.165, 1.54) is 5.56 Å². The van der Waals surface area contributed by atoms with Gasteiger partial charge in [-0.15, -0.1) is 0 Å². The van der Waals surface area contributed by atoms with E-state index in [0.29, 0.717) is 32.2 Å². The molecule has 0 saturated carbocycles. The summed E-state index contributed by atoms with van der Waals surface area (Å²) >= 11 is 0. The van der Waals surface area contributed by atoms with Gasteiger partial charge in [0.1, 0.15) is 36.9 Å². The highest BCUT2D eigenvalue weighted by Crippen LogP contribution is 2.26. The first-order valence-electron chi connectivity index (χ1n) is 15.5. The summed E-state index contributed by atoms with van der Waals surface area (Å²) in [6, 6.07) is 15.9. The monoisotopic (exact) mass is 586 g/mol. The molecule has 2 aromatic rings. The number of benzene rings is 2. The number of hydrogen-bond donors (Lipinski definition) is 2. The molecular formula is C34H54N2O6. The minimum atomic E-state index is -0.488. The van der Waals surface area contributed by atoms with Gasteiger partial charge in [0.2, 0.25) is 0 Å². The van der Waals surface area contributed by atoms with Crippen LogP contribution in [0.4, 0.5) is 0 Å². The molecule has 2 N–H and O–H groups in total. The van der Waals surface area contributed by atoms with Crippen LogP contribution in [0.25, 0.3) is 0 Å². The summed E-state index contributed by atoms with van der Waals surface area (Å²) in [4.78, 5) is 4.49. The lowest BCUT2D eigenvalue weighted by molar-refractivity contribution is -0.0789. The summed E-state index contributed by atoms with van der Waals surface area (Å²) in [5, 5.41) is 20.4. The molecule has 2 heterocycles. The number of nitrogens with zero attached hydrogens (tertiary/aromatic N) is 2. The number of β-amino-alcohol motifs (C(OH)–C–C–N with tert-alkyl or cyclic N) is 2. The molecule has 4 rings (SSSR count). The molecule has 2 aliphatic rings. The van der Waals surface area contributed by atoms with E-state index in [4.69, 9.17) is 18.9 Å². The Hall–Kier alpha value is -2.20. The maximum Gasteiger partial charge on any atom is 0.122 e. The van der Waals surface area contributed by atoms with Crippen LogP contribution in [0, 0.1) is 6.92 Å². The molecule has 2 aromatic carbocycles. The van der Waals surface area contributed by atoms with Gasteiger partial charge in [-0.2, -0.15) is 0 Å². The normalized spacial score (nSPS) is 24.9. The van der Waals surface area contributed by atoms with Gasteiger partial charge < -0.3 is 29.2 Å². The Morgan fingerprint density at radius 2 is 1.24 bits per heavy atom. The van der Waals surface area contributed by atoms with Crippen molar-refractivity contribution in [2.24, 2.45) is 0 Å². The first-order valence-corrected chi connectivity index (χ1v) is 15.5. The van der Waals surface area contributed by atoms with Crippen molar-refractivity contribution in [2.45, 2.75) is 91.0 Å². The fourth-order valence-electron chi connectivity index (χ4n) is 5.74. The lowest BCUT2D eigenvalue weighted by atomic mass is 10.0. The number of para-hydroxylation sites is 1. The van der Waals surface area contributed by atoms with E-state index >= 15 is 0 Å². The van der Waals surface area contributed by atoms with Gasteiger partial charge in [-0.1, -0.05) is 44.2 Å². The molecule has 8 nitrogen and oxygen atoms in total. The van der Waals surface area contributed by atoms with Crippen molar-refractivity contribution >= 4 is 0 Å². The van der Waals surface area contributed by atoms with Gasteiger partial charge in [0.25, 0.3) is 0 Å². The van der Waals surface area contributed by atoms with Crippen molar-refractivity contribution in [1.82, 2.24) is 9.80 Å². The van der Waals surface area contributed by atoms with Crippen LogP contribution in [-0.2, 0) is 9.47 Å². The van der Waals surface area contributed by atoms with Crippen LogP contribution in [0.2, 0.25) is 0 Å². The van der Waals surface area contributed by atoms with Crippen molar-refractivity contribution in [2.75, 3.05) is 52.5 Å². The first-order chi connectivity index (χ1) is 20.0. The molecule has 2 aliphatic heterocycles. The van der Waals surface area contributed by atoms with Gasteiger partial charge in [-0.25, -0.2) is 0 Å². The molecule has 236 valence electrons. The standard InChI is InChI=1S/C18H29NO3.C16H25NO3/c1-13(2)17-7-5-6-8-18(17)21-12-16(20)11-19-9-14(3)22-15(4)10-19;1-12-5-4-6-16(7-12)19-11-15(18)10-17-8-13(2)20-14(3)9-17/h5-8,13-16,20H,9-12H2,1-4H3;4-7,13-15,18H,8-11H2,1-3H3. The molecule has 0 amide bonds. The minimum Gasteiger partial charge on any atom is -0.491 e. The molecule has 0 radical (unpaired) electrons. The minimum absolute atomic E-state index is 0.221. The Bertz CT molecular complexity index is 1030. The highest BCUT2D eigenvalue weighted by Gasteiger charge is 2.25.